The number of hydrogen-bond donors (Lipinski definition) is 1. The summed E-state index contributed by atoms with van der Waals surface area (Å²) in [5, 5.41) is 10.4. The Kier molecular flexibility index (Phi) is 4.45. The molecule has 0 amide bonds. The molecule has 1 N–H and O–H groups in total. The molecule has 1 aliphatic heterocycles. The number of carbonyl (C=O) groups excluding carboxylic acids is 1. The first kappa shape index (κ1) is 14.7. The summed E-state index contributed by atoms with van der Waals surface area (Å²) in [4.78, 5) is 13.9. The van der Waals surface area contributed by atoms with Gasteiger partial charge in [-0.25, -0.2) is 0 Å². The van der Waals surface area contributed by atoms with Crippen molar-refractivity contribution < 1.29 is 23.3 Å². The first-order chi connectivity index (χ1) is 9.01. The molecule has 1 aliphatic carbocycles. The smallest absolute Gasteiger partial charge is 0.465 e. The number of aliphatic hydroxyl groups excluding tert-OH is 1. The summed E-state index contributed by atoms with van der Waals surface area (Å²) < 4.78 is 30.3. The molecule has 4 nitrogen and oxygen atoms in total. The minimum Gasteiger partial charge on any atom is -0.465 e. The predicted molar refractivity (Wildman–Crippen MR) is 66.8 cm³/mol. The van der Waals surface area contributed by atoms with Crippen molar-refractivity contribution in [1.82, 2.24) is 4.90 Å². The Morgan fingerprint density at radius 3 is 2.53 bits per heavy atom. The number of carbonyl (C=O) groups is 1. The minimum atomic E-state index is -2.44. The second-order valence-corrected chi connectivity index (χ2v) is 5.50. The number of rotatable bonds is 5. The Morgan fingerprint density at radius 1 is 1.47 bits per heavy atom. The Bertz CT molecular complexity index is 331. The van der Waals surface area contributed by atoms with Gasteiger partial charge in [0.15, 0.2) is 0 Å². The lowest BCUT2D eigenvalue weighted by Crippen LogP contribution is -2.58. The van der Waals surface area contributed by atoms with Crippen LogP contribution >= 0.6 is 0 Å². The molecule has 2 aliphatic rings. The second-order valence-electron chi connectivity index (χ2n) is 5.50. The van der Waals surface area contributed by atoms with Crippen LogP contribution in [0.3, 0.4) is 0 Å². The van der Waals surface area contributed by atoms with E-state index in [0.29, 0.717) is 13.1 Å². The number of aliphatic hydroxyl groups is 1. The van der Waals surface area contributed by atoms with Crippen LogP contribution < -0.4 is 0 Å². The van der Waals surface area contributed by atoms with Crippen LogP contribution in [0.25, 0.3) is 0 Å². The maximum atomic E-state index is 12.7. The lowest BCUT2D eigenvalue weighted by Gasteiger charge is -2.49. The van der Waals surface area contributed by atoms with Crippen LogP contribution in [0.4, 0.5) is 8.63 Å². The minimum absolute atomic E-state index is 0.0150. The SMILES string of the molecule is CCOC(=O)C1(C(O)N2CCCC2)CC(B(F)F)C1. The van der Waals surface area contributed by atoms with Gasteiger partial charge in [0, 0.05) is 18.9 Å². The van der Waals surface area contributed by atoms with Gasteiger partial charge in [-0.1, -0.05) is 0 Å². The van der Waals surface area contributed by atoms with Crippen molar-refractivity contribution in [2.75, 3.05) is 19.7 Å². The molecule has 0 aromatic rings. The van der Waals surface area contributed by atoms with E-state index < -0.39 is 30.7 Å². The van der Waals surface area contributed by atoms with Crippen molar-refractivity contribution in [3.05, 3.63) is 0 Å². The quantitative estimate of drug-likeness (QED) is 0.611. The first-order valence-electron chi connectivity index (χ1n) is 6.88. The Balaban J connectivity index is 2.09. The molecular formula is C12H20BF2NO3. The van der Waals surface area contributed by atoms with E-state index in [1.807, 2.05) is 0 Å². The molecular weight excluding hydrogens is 255 g/mol. The molecule has 1 heterocycles. The summed E-state index contributed by atoms with van der Waals surface area (Å²) in [6.07, 6.45) is 0.967. The van der Waals surface area contributed by atoms with Crippen LogP contribution in [0, 0.1) is 5.41 Å². The first-order valence-corrected chi connectivity index (χ1v) is 6.88. The Morgan fingerprint density at radius 2 is 2.05 bits per heavy atom. The maximum absolute atomic E-state index is 12.7. The zero-order valence-corrected chi connectivity index (χ0v) is 11.1. The van der Waals surface area contributed by atoms with E-state index in [-0.39, 0.29) is 19.4 Å². The number of likely N-dealkylation sites (tertiary alicyclic amines) is 1. The van der Waals surface area contributed by atoms with Gasteiger partial charge in [-0.3, -0.25) is 18.3 Å². The van der Waals surface area contributed by atoms with E-state index in [0.717, 1.165) is 12.8 Å². The van der Waals surface area contributed by atoms with Crippen molar-refractivity contribution in [2.45, 2.75) is 44.7 Å². The highest BCUT2D eigenvalue weighted by molar-refractivity contribution is 6.45. The van der Waals surface area contributed by atoms with E-state index in [9.17, 15) is 18.5 Å². The van der Waals surface area contributed by atoms with Gasteiger partial charge in [0.1, 0.15) is 11.6 Å². The fourth-order valence-electron chi connectivity index (χ4n) is 3.15. The van der Waals surface area contributed by atoms with Gasteiger partial charge < -0.3 is 9.84 Å². The summed E-state index contributed by atoms with van der Waals surface area (Å²) in [7, 11) is -2.44. The summed E-state index contributed by atoms with van der Waals surface area (Å²) in [5.74, 6) is -1.34. The standard InChI is InChI=1S/C12H20BF2NO3/c1-2-19-11(18)12(7-9(8-12)13(14)15)10(17)16-5-3-4-6-16/h9-10,17H,2-8H2,1H3. The van der Waals surface area contributed by atoms with Gasteiger partial charge in [-0.05, 0) is 32.6 Å². The van der Waals surface area contributed by atoms with E-state index in [2.05, 4.69) is 0 Å². The summed E-state index contributed by atoms with van der Waals surface area (Å²) in [6.45, 7) is 3.30. The molecule has 1 saturated heterocycles. The van der Waals surface area contributed by atoms with Gasteiger partial charge in [0.2, 0.25) is 0 Å². The molecule has 1 atom stereocenters. The van der Waals surface area contributed by atoms with E-state index in [1.165, 1.54) is 0 Å². The van der Waals surface area contributed by atoms with Crippen LogP contribution in [0.5, 0.6) is 0 Å². The fraction of sp³-hybridized carbons (Fsp3) is 0.917. The molecule has 0 bridgehead atoms. The second kappa shape index (κ2) is 5.75. The molecule has 2 fully saturated rings. The van der Waals surface area contributed by atoms with Gasteiger partial charge in [-0.2, -0.15) is 0 Å². The number of esters is 1. The number of hydrogen-bond acceptors (Lipinski definition) is 4. The lowest BCUT2D eigenvalue weighted by molar-refractivity contribution is -0.186. The highest BCUT2D eigenvalue weighted by Gasteiger charge is 2.61. The molecule has 1 saturated carbocycles. The number of ether oxygens (including phenoxy) is 1. The van der Waals surface area contributed by atoms with Crippen LogP contribution in [-0.4, -0.2) is 49.2 Å². The van der Waals surface area contributed by atoms with Crippen molar-refractivity contribution in [3.63, 3.8) is 0 Å². The van der Waals surface area contributed by atoms with Crippen molar-refractivity contribution in [2.24, 2.45) is 5.41 Å². The van der Waals surface area contributed by atoms with Crippen molar-refractivity contribution in [1.29, 1.82) is 0 Å². The van der Waals surface area contributed by atoms with Crippen LogP contribution in [0.15, 0.2) is 0 Å². The van der Waals surface area contributed by atoms with Gasteiger partial charge in [0.05, 0.1) is 6.61 Å². The van der Waals surface area contributed by atoms with Gasteiger partial charge in [0.25, 0.3) is 0 Å². The fourth-order valence-corrected chi connectivity index (χ4v) is 3.15. The van der Waals surface area contributed by atoms with E-state index >= 15 is 0 Å². The van der Waals surface area contributed by atoms with Crippen LogP contribution in [0.1, 0.15) is 32.6 Å². The molecule has 0 spiro atoms. The third kappa shape index (κ3) is 2.63. The molecule has 0 radical (unpaired) electrons. The van der Waals surface area contributed by atoms with Crippen molar-refractivity contribution in [3.8, 4) is 0 Å². The number of halogens is 2. The van der Waals surface area contributed by atoms with E-state index in [4.69, 9.17) is 4.74 Å². The average Bonchev–Trinajstić information content (AvgIpc) is 2.80. The van der Waals surface area contributed by atoms with Gasteiger partial charge >= 0.3 is 13.2 Å². The molecule has 19 heavy (non-hydrogen) atoms. The summed E-state index contributed by atoms with van der Waals surface area (Å²) in [6, 6.07) is 0. The molecule has 108 valence electrons. The van der Waals surface area contributed by atoms with Crippen LogP contribution in [-0.2, 0) is 9.53 Å². The zero-order chi connectivity index (χ0) is 14.0. The Labute approximate surface area is 112 Å². The summed E-state index contributed by atoms with van der Waals surface area (Å²) >= 11 is 0. The molecule has 1 unspecified atom stereocenters. The molecule has 0 aromatic carbocycles. The predicted octanol–water partition coefficient (Wildman–Crippen LogP) is 1.54. The third-order valence-electron chi connectivity index (χ3n) is 4.27. The van der Waals surface area contributed by atoms with Crippen molar-refractivity contribution >= 4 is 13.2 Å². The van der Waals surface area contributed by atoms with Crippen LogP contribution in [0.2, 0.25) is 5.82 Å². The largest absolute Gasteiger partial charge is 0.541 e. The Hall–Kier alpha value is -0.685. The topological polar surface area (TPSA) is 49.8 Å². The highest BCUT2D eigenvalue weighted by atomic mass is 19.2. The van der Waals surface area contributed by atoms with Gasteiger partial charge in [-0.15, -0.1) is 0 Å². The average molecular weight is 275 g/mol. The zero-order valence-electron chi connectivity index (χ0n) is 11.1. The molecule has 0 aromatic heterocycles. The maximum Gasteiger partial charge on any atom is 0.541 e. The monoisotopic (exact) mass is 275 g/mol. The summed E-state index contributed by atoms with van der Waals surface area (Å²) in [5.41, 5.74) is -1.15. The highest BCUT2D eigenvalue weighted by Crippen LogP contribution is 2.55. The van der Waals surface area contributed by atoms with E-state index in [1.54, 1.807) is 11.8 Å². The normalized spacial score (nSPS) is 32.7. The third-order valence-corrected chi connectivity index (χ3v) is 4.27. The molecule has 7 heteroatoms. The number of nitrogens with zero attached hydrogens (tertiary/aromatic N) is 1. The lowest BCUT2D eigenvalue weighted by atomic mass is 9.50. The molecule has 2 rings (SSSR count).